The van der Waals surface area contributed by atoms with Crippen molar-refractivity contribution in [1.29, 1.82) is 0 Å². The summed E-state index contributed by atoms with van der Waals surface area (Å²) in [6, 6.07) is 5.80. The highest BCUT2D eigenvalue weighted by Crippen LogP contribution is 2.43. The third kappa shape index (κ3) is 3.83. The van der Waals surface area contributed by atoms with E-state index in [2.05, 4.69) is 57.5 Å². The minimum Gasteiger partial charge on any atom is -0.543 e. The van der Waals surface area contributed by atoms with Gasteiger partial charge in [0.1, 0.15) is 5.75 Å². The van der Waals surface area contributed by atoms with E-state index < -0.39 is 8.32 Å². The third-order valence-electron chi connectivity index (χ3n) is 4.61. The molecule has 0 amide bonds. The summed E-state index contributed by atoms with van der Waals surface area (Å²) in [5.74, 6) is 1.05. The Morgan fingerprint density at radius 3 is 1.95 bits per heavy atom. The second-order valence-electron chi connectivity index (χ2n) is 6.96. The number of hydrogen-bond donors (Lipinski definition) is 0. The number of alkyl halides is 1. The van der Waals surface area contributed by atoms with Crippen molar-refractivity contribution in [2.24, 2.45) is 0 Å². The average Bonchev–Trinajstić information content (AvgIpc) is 2.43. The van der Waals surface area contributed by atoms with Crippen molar-refractivity contribution in [2.45, 2.75) is 65.1 Å². The fourth-order valence-corrected chi connectivity index (χ4v) is 9.20. The normalized spacial score (nSPS) is 12.3. The van der Waals surface area contributed by atoms with Crippen molar-refractivity contribution in [2.75, 3.05) is 5.33 Å². The van der Waals surface area contributed by atoms with E-state index in [9.17, 15) is 4.79 Å². The maximum Gasteiger partial charge on any atom is 0.258 e. The van der Waals surface area contributed by atoms with Gasteiger partial charge in [0, 0.05) is 5.56 Å². The molecule has 0 fully saturated rings. The largest absolute Gasteiger partial charge is 0.543 e. The Morgan fingerprint density at radius 2 is 1.59 bits per heavy atom. The lowest BCUT2D eigenvalue weighted by atomic mass is 10.1. The Labute approximate surface area is 144 Å². The van der Waals surface area contributed by atoms with Crippen LogP contribution in [0.15, 0.2) is 18.2 Å². The van der Waals surface area contributed by atoms with Gasteiger partial charge < -0.3 is 4.43 Å². The summed E-state index contributed by atoms with van der Waals surface area (Å²) < 4.78 is 6.70. The monoisotopic (exact) mass is 384 g/mol. The zero-order valence-electron chi connectivity index (χ0n) is 14.9. The second kappa shape index (κ2) is 7.78. The minimum atomic E-state index is -1.95. The van der Waals surface area contributed by atoms with Crippen LogP contribution in [0.2, 0.25) is 16.6 Å². The molecule has 0 aliphatic heterocycles. The van der Waals surface area contributed by atoms with Crippen LogP contribution in [-0.4, -0.2) is 19.4 Å². The molecule has 2 nitrogen and oxygen atoms in total. The van der Waals surface area contributed by atoms with E-state index in [1.165, 1.54) is 0 Å². The molecule has 1 aromatic carbocycles. The summed E-state index contributed by atoms with van der Waals surface area (Å²) in [5.41, 5.74) is 3.40. The first-order valence-corrected chi connectivity index (χ1v) is 11.3. The van der Waals surface area contributed by atoms with Crippen LogP contribution in [0.4, 0.5) is 0 Å². The number of benzene rings is 1. The summed E-state index contributed by atoms with van der Waals surface area (Å²) in [6.45, 7) is 15.7. The van der Waals surface area contributed by atoms with E-state index in [0.29, 0.717) is 22.0 Å². The van der Waals surface area contributed by atoms with Crippen LogP contribution in [0.25, 0.3) is 0 Å². The molecular weight excluding hydrogens is 356 g/mol. The van der Waals surface area contributed by atoms with Crippen LogP contribution in [0.5, 0.6) is 5.75 Å². The average molecular weight is 385 g/mol. The first kappa shape index (κ1) is 19.4. The van der Waals surface area contributed by atoms with Crippen LogP contribution in [0.3, 0.4) is 0 Å². The lowest BCUT2D eigenvalue weighted by Gasteiger charge is -2.42. The van der Waals surface area contributed by atoms with Gasteiger partial charge >= 0.3 is 0 Å². The fourth-order valence-electron chi connectivity index (χ4n) is 3.56. The van der Waals surface area contributed by atoms with E-state index in [-0.39, 0.29) is 5.78 Å². The number of Topliss-reactive ketones (excluding diaryl/α,β-unsaturated/α-hetero) is 1. The molecule has 0 bridgehead atoms. The molecule has 0 aliphatic rings. The maximum atomic E-state index is 11.8. The van der Waals surface area contributed by atoms with Gasteiger partial charge in [-0.1, -0.05) is 57.5 Å². The maximum absolute atomic E-state index is 11.8. The molecule has 0 atom stereocenters. The Hall–Kier alpha value is -0.613. The van der Waals surface area contributed by atoms with Crippen molar-refractivity contribution in [1.82, 2.24) is 0 Å². The Bertz CT molecular complexity index is 502. The van der Waals surface area contributed by atoms with E-state index in [4.69, 9.17) is 4.43 Å². The Kier molecular flexibility index (Phi) is 6.87. The molecule has 124 valence electrons. The molecule has 0 unspecified atom stereocenters. The van der Waals surface area contributed by atoms with E-state index in [1.54, 1.807) is 0 Å². The molecule has 0 spiro atoms. The molecule has 0 aromatic heterocycles. The Balaban J connectivity index is 3.22. The number of ketones is 1. The van der Waals surface area contributed by atoms with Crippen LogP contribution < -0.4 is 4.43 Å². The van der Waals surface area contributed by atoms with Crippen molar-refractivity contribution < 1.29 is 9.22 Å². The number of hydrogen-bond acceptors (Lipinski definition) is 2. The predicted molar refractivity (Wildman–Crippen MR) is 101 cm³/mol. The summed E-state index contributed by atoms with van der Waals surface area (Å²) in [6.07, 6.45) is 0. The van der Waals surface area contributed by atoms with Crippen molar-refractivity contribution in [3.05, 3.63) is 29.3 Å². The van der Waals surface area contributed by atoms with Gasteiger partial charge in [-0.15, -0.1) is 0 Å². The molecule has 1 aromatic rings. The zero-order valence-corrected chi connectivity index (χ0v) is 17.5. The predicted octanol–water partition coefficient (Wildman–Crippen LogP) is 6.13. The smallest absolute Gasteiger partial charge is 0.258 e. The van der Waals surface area contributed by atoms with Crippen molar-refractivity contribution >= 4 is 30.0 Å². The van der Waals surface area contributed by atoms with E-state index in [1.807, 2.05) is 25.1 Å². The van der Waals surface area contributed by atoms with Gasteiger partial charge in [0.2, 0.25) is 0 Å². The standard InChI is InChI=1S/C18H29BrO2Si/c1-12(2)22(13(3)4,14(5)6)21-18-9-8-16(10-15(18)7)17(20)11-19/h8-10,12-14H,11H2,1-7H3. The molecule has 0 radical (unpaired) electrons. The Morgan fingerprint density at radius 1 is 1.09 bits per heavy atom. The molecule has 0 aliphatic carbocycles. The molecule has 1 rings (SSSR count). The van der Waals surface area contributed by atoms with Crippen LogP contribution in [0, 0.1) is 6.92 Å². The molecule has 0 heterocycles. The van der Waals surface area contributed by atoms with Gasteiger partial charge in [0.15, 0.2) is 5.78 Å². The fraction of sp³-hybridized carbons (Fsp3) is 0.611. The van der Waals surface area contributed by atoms with E-state index in [0.717, 1.165) is 16.9 Å². The van der Waals surface area contributed by atoms with Crippen molar-refractivity contribution in [3.8, 4) is 5.75 Å². The zero-order chi connectivity index (χ0) is 17.1. The van der Waals surface area contributed by atoms with Crippen LogP contribution >= 0.6 is 15.9 Å². The topological polar surface area (TPSA) is 26.3 Å². The molecule has 0 saturated heterocycles. The molecule has 4 heteroatoms. The van der Waals surface area contributed by atoms with Gasteiger partial charge in [-0.3, -0.25) is 4.79 Å². The molecule has 22 heavy (non-hydrogen) atoms. The van der Waals surface area contributed by atoms with Gasteiger partial charge in [-0.2, -0.15) is 0 Å². The molecule has 0 N–H and O–H groups in total. The lowest BCUT2D eigenvalue weighted by Crippen LogP contribution is -2.50. The molecule has 0 saturated carbocycles. The summed E-state index contributed by atoms with van der Waals surface area (Å²) in [7, 11) is -1.95. The number of carbonyl (C=O) groups is 1. The summed E-state index contributed by atoms with van der Waals surface area (Å²) in [4.78, 5) is 11.8. The first-order valence-electron chi connectivity index (χ1n) is 8.05. The highest BCUT2D eigenvalue weighted by molar-refractivity contribution is 9.09. The SMILES string of the molecule is Cc1cc(C(=O)CBr)ccc1O[Si](C(C)C)(C(C)C)C(C)C. The van der Waals surface area contributed by atoms with E-state index >= 15 is 0 Å². The number of aryl methyl sites for hydroxylation is 1. The van der Waals surface area contributed by atoms with Crippen LogP contribution in [-0.2, 0) is 0 Å². The van der Waals surface area contributed by atoms with Gasteiger partial charge in [-0.25, -0.2) is 0 Å². The van der Waals surface area contributed by atoms with Crippen molar-refractivity contribution in [3.63, 3.8) is 0 Å². The summed E-state index contributed by atoms with van der Waals surface area (Å²) >= 11 is 3.23. The quantitative estimate of drug-likeness (QED) is 0.321. The van der Waals surface area contributed by atoms with Gasteiger partial charge in [-0.05, 0) is 47.3 Å². The third-order valence-corrected chi connectivity index (χ3v) is 11.1. The van der Waals surface area contributed by atoms with Crippen LogP contribution in [0.1, 0.15) is 57.5 Å². The highest BCUT2D eigenvalue weighted by atomic mass is 79.9. The number of halogens is 1. The lowest BCUT2D eigenvalue weighted by molar-refractivity contribution is 0.102. The summed E-state index contributed by atoms with van der Waals surface area (Å²) in [5, 5.41) is 0.356. The van der Waals surface area contributed by atoms with Gasteiger partial charge in [0.25, 0.3) is 8.32 Å². The second-order valence-corrected chi connectivity index (χ2v) is 12.9. The minimum absolute atomic E-state index is 0.106. The number of rotatable bonds is 7. The number of carbonyl (C=O) groups excluding carboxylic acids is 1. The van der Waals surface area contributed by atoms with Gasteiger partial charge in [0.05, 0.1) is 5.33 Å². The molecular formula is C18H29BrO2Si. The first-order chi connectivity index (χ1) is 10.2. The highest BCUT2D eigenvalue weighted by Gasteiger charge is 2.47.